The number of hydrogen-bond acceptors (Lipinski definition) is 7. The summed E-state index contributed by atoms with van der Waals surface area (Å²) in [4.78, 5) is 36.4. The van der Waals surface area contributed by atoms with Crippen molar-refractivity contribution in [2.75, 3.05) is 23.7 Å². The Balaban J connectivity index is 1.65. The second-order valence-corrected chi connectivity index (χ2v) is 5.96. The van der Waals surface area contributed by atoms with E-state index < -0.39 is 0 Å². The van der Waals surface area contributed by atoms with Gasteiger partial charge in [-0.1, -0.05) is 0 Å². The Bertz CT molecular complexity index is 874. The van der Waals surface area contributed by atoms with Crippen molar-refractivity contribution >= 4 is 23.4 Å². The summed E-state index contributed by atoms with van der Waals surface area (Å²) in [5.41, 5.74) is 0.101. The maximum atomic E-state index is 11.9. The average molecular weight is 353 g/mol. The molecule has 9 heteroatoms. The summed E-state index contributed by atoms with van der Waals surface area (Å²) < 4.78 is 0. The summed E-state index contributed by atoms with van der Waals surface area (Å²) in [5, 5.41) is 14.9. The summed E-state index contributed by atoms with van der Waals surface area (Å²) in [5.74, 6) is 0.765. The van der Waals surface area contributed by atoms with Crippen LogP contribution in [0.3, 0.4) is 0 Å². The zero-order chi connectivity index (χ0) is 18.4. The maximum absolute atomic E-state index is 11.9. The number of pyridine rings is 1. The molecule has 1 aliphatic rings. The molecule has 1 fully saturated rings. The minimum Gasteiger partial charge on any atom is -0.365 e. The van der Waals surface area contributed by atoms with Crippen LogP contribution in [0.15, 0.2) is 35.4 Å². The van der Waals surface area contributed by atoms with Gasteiger partial charge < -0.3 is 20.5 Å². The molecule has 0 bridgehead atoms. The molecule has 0 saturated carbocycles. The fourth-order valence-electron chi connectivity index (χ4n) is 2.85. The van der Waals surface area contributed by atoms with E-state index in [1.54, 1.807) is 35.5 Å². The Kier molecular flexibility index (Phi) is 5.43. The molecule has 1 unspecified atom stereocenters. The number of nitrogens with one attached hydrogen (secondary N) is 3. The molecule has 9 nitrogen and oxygen atoms in total. The third-order valence-electron chi connectivity index (χ3n) is 4.08. The van der Waals surface area contributed by atoms with Crippen molar-refractivity contribution < 1.29 is 4.79 Å². The molecule has 3 N–H and O–H groups in total. The SMILES string of the molecule is N#CCC(=O)N1CCCC(Nc2ccnc(Nc3ccc[nH]c3=O)n2)C1. The number of nitrogens with zero attached hydrogens (tertiary/aromatic N) is 4. The largest absolute Gasteiger partial charge is 0.365 e. The lowest BCUT2D eigenvalue weighted by Crippen LogP contribution is -2.45. The molecule has 1 saturated heterocycles. The number of likely N-dealkylation sites (tertiary alicyclic amines) is 1. The Morgan fingerprint density at radius 2 is 2.35 bits per heavy atom. The number of nitriles is 1. The number of hydrogen-bond donors (Lipinski definition) is 3. The zero-order valence-corrected chi connectivity index (χ0v) is 14.1. The monoisotopic (exact) mass is 353 g/mol. The van der Waals surface area contributed by atoms with Crippen LogP contribution in [0, 0.1) is 11.3 Å². The number of carbonyl (C=O) groups excluding carboxylic acids is 1. The van der Waals surface area contributed by atoms with Crippen molar-refractivity contribution in [1.29, 1.82) is 5.26 Å². The predicted octanol–water partition coefficient (Wildman–Crippen LogP) is 1.23. The van der Waals surface area contributed by atoms with E-state index in [1.165, 1.54) is 0 Å². The van der Waals surface area contributed by atoms with Crippen molar-refractivity contribution in [3.8, 4) is 6.07 Å². The molecule has 0 aromatic carbocycles. The number of aromatic nitrogens is 3. The molecule has 1 amide bonds. The molecule has 0 radical (unpaired) electrons. The van der Waals surface area contributed by atoms with Crippen molar-refractivity contribution in [2.45, 2.75) is 25.3 Å². The van der Waals surface area contributed by atoms with E-state index in [4.69, 9.17) is 5.26 Å². The Labute approximate surface area is 150 Å². The third-order valence-corrected chi connectivity index (χ3v) is 4.08. The van der Waals surface area contributed by atoms with E-state index in [-0.39, 0.29) is 23.9 Å². The first-order valence-corrected chi connectivity index (χ1v) is 8.35. The fraction of sp³-hybridized carbons (Fsp3) is 0.353. The molecule has 3 rings (SSSR count). The van der Waals surface area contributed by atoms with Gasteiger partial charge in [0.2, 0.25) is 11.9 Å². The molecule has 0 aliphatic carbocycles. The lowest BCUT2D eigenvalue weighted by molar-refractivity contribution is -0.131. The Hall–Kier alpha value is -3.41. The first-order chi connectivity index (χ1) is 12.7. The van der Waals surface area contributed by atoms with Crippen LogP contribution >= 0.6 is 0 Å². The van der Waals surface area contributed by atoms with Gasteiger partial charge in [0.25, 0.3) is 5.56 Å². The van der Waals surface area contributed by atoms with Crippen LogP contribution in [-0.4, -0.2) is 44.9 Å². The van der Waals surface area contributed by atoms with Crippen LogP contribution in [0.25, 0.3) is 0 Å². The lowest BCUT2D eigenvalue weighted by atomic mass is 10.1. The number of anilines is 3. The Morgan fingerprint density at radius 1 is 1.46 bits per heavy atom. The van der Waals surface area contributed by atoms with Crippen LogP contribution in [0.1, 0.15) is 19.3 Å². The molecule has 26 heavy (non-hydrogen) atoms. The highest BCUT2D eigenvalue weighted by Crippen LogP contribution is 2.17. The lowest BCUT2D eigenvalue weighted by Gasteiger charge is -2.33. The number of H-pyrrole nitrogens is 1. The highest BCUT2D eigenvalue weighted by molar-refractivity contribution is 5.78. The standard InChI is InChI=1S/C17H19N7O2/c18-7-5-15(25)24-10-2-3-12(11-24)21-14-6-9-20-17(23-14)22-13-4-1-8-19-16(13)26/h1,4,6,8-9,12H,2-3,5,10-11H2,(H,19,26)(H2,20,21,22,23). The third kappa shape index (κ3) is 4.36. The first kappa shape index (κ1) is 17.4. The highest BCUT2D eigenvalue weighted by Gasteiger charge is 2.23. The van der Waals surface area contributed by atoms with Crippen molar-refractivity contribution in [1.82, 2.24) is 19.9 Å². The number of piperidine rings is 1. The molecule has 2 aromatic rings. The van der Waals surface area contributed by atoms with Gasteiger partial charge >= 0.3 is 0 Å². The minimum absolute atomic E-state index is 0.0503. The maximum Gasteiger partial charge on any atom is 0.271 e. The van der Waals surface area contributed by atoms with Crippen LogP contribution in [-0.2, 0) is 4.79 Å². The molecule has 1 atom stereocenters. The van der Waals surface area contributed by atoms with E-state index in [2.05, 4.69) is 25.6 Å². The van der Waals surface area contributed by atoms with E-state index in [0.717, 1.165) is 12.8 Å². The fourth-order valence-corrected chi connectivity index (χ4v) is 2.85. The second-order valence-electron chi connectivity index (χ2n) is 5.96. The van der Waals surface area contributed by atoms with Gasteiger partial charge in [-0.15, -0.1) is 0 Å². The normalized spacial score (nSPS) is 16.6. The van der Waals surface area contributed by atoms with Gasteiger partial charge in [-0.2, -0.15) is 10.2 Å². The quantitative estimate of drug-likeness (QED) is 0.737. The first-order valence-electron chi connectivity index (χ1n) is 8.35. The van der Waals surface area contributed by atoms with E-state index in [1.807, 2.05) is 6.07 Å². The molecular formula is C17H19N7O2. The number of amides is 1. The van der Waals surface area contributed by atoms with Gasteiger partial charge in [0, 0.05) is 31.5 Å². The van der Waals surface area contributed by atoms with Crippen LogP contribution in [0.4, 0.5) is 17.5 Å². The Morgan fingerprint density at radius 3 is 3.15 bits per heavy atom. The van der Waals surface area contributed by atoms with Crippen molar-refractivity contribution in [2.24, 2.45) is 0 Å². The van der Waals surface area contributed by atoms with E-state index in [9.17, 15) is 9.59 Å². The van der Waals surface area contributed by atoms with E-state index in [0.29, 0.717) is 30.5 Å². The summed E-state index contributed by atoms with van der Waals surface area (Å²) in [7, 11) is 0. The summed E-state index contributed by atoms with van der Waals surface area (Å²) in [6.07, 6.45) is 4.82. The second kappa shape index (κ2) is 8.11. The topological polar surface area (TPSA) is 127 Å². The predicted molar refractivity (Wildman–Crippen MR) is 95.8 cm³/mol. The average Bonchev–Trinajstić information content (AvgIpc) is 2.64. The molecular weight excluding hydrogens is 334 g/mol. The number of rotatable bonds is 5. The summed E-state index contributed by atoms with van der Waals surface area (Å²) >= 11 is 0. The van der Waals surface area contributed by atoms with E-state index >= 15 is 0 Å². The van der Waals surface area contributed by atoms with Crippen LogP contribution < -0.4 is 16.2 Å². The summed E-state index contributed by atoms with van der Waals surface area (Å²) in [6.45, 7) is 1.21. The van der Waals surface area contributed by atoms with Crippen molar-refractivity contribution in [3.63, 3.8) is 0 Å². The molecule has 134 valence electrons. The number of aromatic amines is 1. The zero-order valence-electron chi connectivity index (χ0n) is 14.1. The van der Waals surface area contributed by atoms with Crippen LogP contribution in [0.2, 0.25) is 0 Å². The van der Waals surface area contributed by atoms with Gasteiger partial charge in [0.05, 0.1) is 6.07 Å². The van der Waals surface area contributed by atoms with Gasteiger partial charge in [-0.25, -0.2) is 4.98 Å². The van der Waals surface area contributed by atoms with Gasteiger partial charge in [-0.3, -0.25) is 9.59 Å². The molecule has 3 heterocycles. The van der Waals surface area contributed by atoms with Gasteiger partial charge in [-0.05, 0) is 31.0 Å². The molecule has 1 aliphatic heterocycles. The smallest absolute Gasteiger partial charge is 0.271 e. The van der Waals surface area contributed by atoms with Crippen LogP contribution in [0.5, 0.6) is 0 Å². The van der Waals surface area contributed by atoms with Gasteiger partial charge in [0.1, 0.15) is 17.9 Å². The number of carbonyl (C=O) groups is 1. The minimum atomic E-state index is -0.256. The molecule has 0 spiro atoms. The van der Waals surface area contributed by atoms with Crippen molar-refractivity contribution in [3.05, 3.63) is 40.9 Å². The highest BCUT2D eigenvalue weighted by atomic mass is 16.2. The van der Waals surface area contributed by atoms with Gasteiger partial charge in [0.15, 0.2) is 0 Å². The molecule has 2 aromatic heterocycles. The summed E-state index contributed by atoms with van der Waals surface area (Å²) in [6, 6.07) is 7.03.